The van der Waals surface area contributed by atoms with Crippen LogP contribution in [0.1, 0.15) is 22.7 Å². The molecule has 2 N–H and O–H groups in total. The summed E-state index contributed by atoms with van der Waals surface area (Å²) in [6.45, 7) is 0.315. The molecule has 4 heteroatoms. The third-order valence-corrected chi connectivity index (χ3v) is 3.79. The zero-order chi connectivity index (χ0) is 17.3. The van der Waals surface area contributed by atoms with E-state index in [1.54, 1.807) is 0 Å². The van der Waals surface area contributed by atoms with E-state index in [1.807, 2.05) is 91.0 Å². The van der Waals surface area contributed by atoms with Crippen molar-refractivity contribution in [3.63, 3.8) is 0 Å². The van der Waals surface area contributed by atoms with E-state index in [4.69, 9.17) is 4.84 Å². The molecule has 0 unspecified atom stereocenters. The number of hydroxylamine groups is 1. The standard InChI is InChI=1S/C21H20N2O2/c24-21(23-25-16-17-10-4-1-5-11-17)22-20(18-12-6-2-7-13-18)19-14-8-3-9-15-19/h1-15,20H,16H2,(H2,22,23,24). The van der Waals surface area contributed by atoms with Crippen LogP contribution in [-0.4, -0.2) is 6.03 Å². The van der Waals surface area contributed by atoms with Crippen LogP contribution in [0, 0.1) is 0 Å². The summed E-state index contributed by atoms with van der Waals surface area (Å²) in [7, 11) is 0. The largest absolute Gasteiger partial charge is 0.339 e. The summed E-state index contributed by atoms with van der Waals surface area (Å²) < 4.78 is 0. The van der Waals surface area contributed by atoms with Crippen LogP contribution >= 0.6 is 0 Å². The Morgan fingerprint density at radius 2 is 1.24 bits per heavy atom. The van der Waals surface area contributed by atoms with E-state index in [9.17, 15) is 4.79 Å². The quantitative estimate of drug-likeness (QED) is 0.665. The van der Waals surface area contributed by atoms with Crippen molar-refractivity contribution in [1.29, 1.82) is 0 Å². The molecule has 0 heterocycles. The molecular formula is C21H20N2O2. The van der Waals surface area contributed by atoms with Gasteiger partial charge in [0.25, 0.3) is 0 Å². The number of carbonyl (C=O) groups excluding carboxylic acids is 1. The highest BCUT2D eigenvalue weighted by Gasteiger charge is 2.16. The molecule has 0 radical (unpaired) electrons. The minimum atomic E-state index is -0.381. The number of benzene rings is 3. The van der Waals surface area contributed by atoms with E-state index in [0.29, 0.717) is 6.61 Å². The van der Waals surface area contributed by atoms with E-state index >= 15 is 0 Å². The van der Waals surface area contributed by atoms with Crippen LogP contribution in [0.5, 0.6) is 0 Å². The number of amides is 2. The van der Waals surface area contributed by atoms with Gasteiger partial charge in [-0.3, -0.25) is 4.84 Å². The molecule has 0 saturated heterocycles. The average Bonchev–Trinajstić information content (AvgIpc) is 2.68. The second-order valence-corrected chi connectivity index (χ2v) is 5.60. The number of urea groups is 1. The van der Waals surface area contributed by atoms with Crippen LogP contribution in [-0.2, 0) is 11.4 Å². The van der Waals surface area contributed by atoms with Crippen LogP contribution in [0.3, 0.4) is 0 Å². The van der Waals surface area contributed by atoms with Crippen LogP contribution in [0.15, 0.2) is 91.0 Å². The Kier molecular flexibility index (Phi) is 5.80. The van der Waals surface area contributed by atoms with Gasteiger partial charge in [-0.05, 0) is 16.7 Å². The normalized spacial score (nSPS) is 10.4. The Labute approximate surface area is 147 Å². The molecule has 0 aliphatic rings. The summed E-state index contributed by atoms with van der Waals surface area (Å²) >= 11 is 0. The molecule has 0 aliphatic heterocycles. The average molecular weight is 332 g/mol. The van der Waals surface area contributed by atoms with Crippen LogP contribution in [0.4, 0.5) is 4.79 Å². The Morgan fingerprint density at radius 1 is 0.760 bits per heavy atom. The van der Waals surface area contributed by atoms with Gasteiger partial charge >= 0.3 is 6.03 Å². The van der Waals surface area contributed by atoms with Crippen molar-refractivity contribution in [2.75, 3.05) is 0 Å². The van der Waals surface area contributed by atoms with Crippen LogP contribution in [0.2, 0.25) is 0 Å². The second-order valence-electron chi connectivity index (χ2n) is 5.60. The highest BCUT2D eigenvalue weighted by Crippen LogP contribution is 2.21. The third-order valence-electron chi connectivity index (χ3n) is 3.79. The molecule has 2 amide bonds. The summed E-state index contributed by atoms with van der Waals surface area (Å²) in [5, 5.41) is 2.96. The monoisotopic (exact) mass is 332 g/mol. The van der Waals surface area contributed by atoms with E-state index in [1.165, 1.54) is 0 Å². The zero-order valence-electron chi connectivity index (χ0n) is 13.8. The molecule has 0 aromatic heterocycles. The first-order chi connectivity index (χ1) is 12.3. The number of hydrogen-bond acceptors (Lipinski definition) is 2. The Balaban J connectivity index is 1.63. The summed E-state index contributed by atoms with van der Waals surface area (Å²) in [5.41, 5.74) is 5.46. The lowest BCUT2D eigenvalue weighted by Crippen LogP contribution is -2.38. The van der Waals surface area contributed by atoms with Gasteiger partial charge in [0, 0.05) is 0 Å². The number of rotatable bonds is 6. The van der Waals surface area contributed by atoms with Gasteiger partial charge in [-0.15, -0.1) is 0 Å². The first-order valence-electron chi connectivity index (χ1n) is 8.15. The molecule has 0 atom stereocenters. The topological polar surface area (TPSA) is 50.4 Å². The molecule has 126 valence electrons. The van der Waals surface area contributed by atoms with Crippen molar-refractivity contribution in [3.8, 4) is 0 Å². The number of nitrogens with one attached hydrogen (secondary N) is 2. The molecule has 3 aromatic carbocycles. The highest BCUT2D eigenvalue weighted by atomic mass is 16.7. The minimum absolute atomic E-state index is 0.247. The molecule has 4 nitrogen and oxygen atoms in total. The smallest absolute Gasteiger partial charge is 0.325 e. The fourth-order valence-corrected chi connectivity index (χ4v) is 2.57. The minimum Gasteiger partial charge on any atom is -0.325 e. The highest BCUT2D eigenvalue weighted by molar-refractivity contribution is 5.74. The molecule has 3 rings (SSSR count). The summed E-state index contributed by atoms with van der Waals surface area (Å²) in [5.74, 6) is 0. The third kappa shape index (κ3) is 4.93. The zero-order valence-corrected chi connectivity index (χ0v) is 13.8. The fraction of sp³-hybridized carbons (Fsp3) is 0.0952. The van der Waals surface area contributed by atoms with Gasteiger partial charge in [0.15, 0.2) is 0 Å². The lowest BCUT2D eigenvalue weighted by Gasteiger charge is -2.20. The summed E-state index contributed by atoms with van der Waals surface area (Å²) in [6, 6.07) is 28.7. The first kappa shape index (κ1) is 16.7. The van der Waals surface area contributed by atoms with Crippen molar-refractivity contribution in [2.45, 2.75) is 12.6 Å². The van der Waals surface area contributed by atoms with Gasteiger partial charge in [0.2, 0.25) is 0 Å². The van der Waals surface area contributed by atoms with Gasteiger partial charge in [-0.2, -0.15) is 0 Å². The van der Waals surface area contributed by atoms with Gasteiger partial charge in [0.1, 0.15) is 0 Å². The SMILES string of the molecule is O=C(NOCc1ccccc1)NC(c1ccccc1)c1ccccc1. The molecule has 0 fully saturated rings. The maximum Gasteiger partial charge on any atom is 0.339 e. The van der Waals surface area contributed by atoms with Crippen molar-refractivity contribution in [3.05, 3.63) is 108 Å². The molecule has 25 heavy (non-hydrogen) atoms. The van der Waals surface area contributed by atoms with Gasteiger partial charge in [0.05, 0.1) is 12.6 Å². The summed E-state index contributed by atoms with van der Waals surface area (Å²) in [6.07, 6.45) is 0. The van der Waals surface area contributed by atoms with Crippen molar-refractivity contribution < 1.29 is 9.63 Å². The second kappa shape index (κ2) is 8.66. The maximum absolute atomic E-state index is 12.2. The molecule has 0 bridgehead atoms. The molecule has 3 aromatic rings. The van der Waals surface area contributed by atoms with Crippen LogP contribution in [0.25, 0.3) is 0 Å². The molecule has 0 saturated carbocycles. The lowest BCUT2D eigenvalue weighted by atomic mass is 9.99. The molecule has 0 aliphatic carbocycles. The van der Waals surface area contributed by atoms with Gasteiger partial charge in [-0.25, -0.2) is 10.3 Å². The number of carbonyl (C=O) groups is 1. The van der Waals surface area contributed by atoms with Crippen molar-refractivity contribution in [2.24, 2.45) is 0 Å². The van der Waals surface area contributed by atoms with E-state index in [-0.39, 0.29) is 12.1 Å². The van der Waals surface area contributed by atoms with E-state index < -0.39 is 0 Å². The Morgan fingerprint density at radius 3 is 1.76 bits per heavy atom. The molecular weight excluding hydrogens is 312 g/mol. The van der Waals surface area contributed by atoms with Gasteiger partial charge in [-0.1, -0.05) is 91.0 Å². The molecule has 0 spiro atoms. The predicted molar refractivity (Wildman–Crippen MR) is 97.6 cm³/mol. The first-order valence-corrected chi connectivity index (χ1v) is 8.15. The van der Waals surface area contributed by atoms with Gasteiger partial charge < -0.3 is 5.32 Å². The van der Waals surface area contributed by atoms with E-state index in [2.05, 4.69) is 10.8 Å². The Bertz CT molecular complexity index is 737. The van der Waals surface area contributed by atoms with Crippen molar-refractivity contribution >= 4 is 6.03 Å². The Hall–Kier alpha value is -3.11. The van der Waals surface area contributed by atoms with E-state index in [0.717, 1.165) is 16.7 Å². The van der Waals surface area contributed by atoms with Crippen molar-refractivity contribution in [1.82, 2.24) is 10.8 Å². The number of hydrogen-bond donors (Lipinski definition) is 2. The lowest BCUT2D eigenvalue weighted by molar-refractivity contribution is 0.0485. The maximum atomic E-state index is 12.2. The summed E-state index contributed by atoms with van der Waals surface area (Å²) in [4.78, 5) is 17.5. The fourth-order valence-electron chi connectivity index (χ4n) is 2.57. The van der Waals surface area contributed by atoms with Crippen LogP contribution < -0.4 is 10.8 Å². The predicted octanol–water partition coefficient (Wildman–Crippen LogP) is 4.21.